The highest BCUT2D eigenvalue weighted by Crippen LogP contribution is 2.15. The minimum Gasteiger partial charge on any atom is -0.399 e. The average Bonchev–Trinajstić information content (AvgIpc) is 2.37. The fraction of sp³-hybridized carbons (Fsp3) is 0.133. The van der Waals surface area contributed by atoms with Gasteiger partial charge in [0, 0.05) is 22.8 Å². The first-order valence-electron chi connectivity index (χ1n) is 5.95. The van der Waals surface area contributed by atoms with Crippen molar-refractivity contribution >= 4 is 23.2 Å². The third-order valence-electron chi connectivity index (χ3n) is 2.87. The Balaban J connectivity index is 2.03. The van der Waals surface area contributed by atoms with Gasteiger partial charge in [-0.15, -0.1) is 0 Å². The maximum atomic E-state index is 12.0. The monoisotopic (exact) mass is 274 g/mol. The summed E-state index contributed by atoms with van der Waals surface area (Å²) in [5, 5.41) is 3.50. The quantitative estimate of drug-likeness (QED) is 0.845. The molecule has 0 unspecified atom stereocenters. The highest BCUT2D eigenvalue weighted by atomic mass is 35.5. The van der Waals surface area contributed by atoms with Gasteiger partial charge in [-0.05, 0) is 48.4 Å². The van der Waals surface area contributed by atoms with Crippen molar-refractivity contribution < 1.29 is 4.79 Å². The van der Waals surface area contributed by atoms with Gasteiger partial charge in [-0.25, -0.2) is 0 Å². The molecule has 0 aliphatic rings. The summed E-state index contributed by atoms with van der Waals surface area (Å²) in [6.07, 6.45) is 0. The van der Waals surface area contributed by atoms with Gasteiger partial charge in [0.25, 0.3) is 5.91 Å². The van der Waals surface area contributed by atoms with E-state index in [1.807, 2.05) is 31.2 Å². The van der Waals surface area contributed by atoms with Crippen molar-refractivity contribution in [3.05, 3.63) is 64.2 Å². The Morgan fingerprint density at radius 3 is 2.53 bits per heavy atom. The van der Waals surface area contributed by atoms with Gasteiger partial charge in [0.2, 0.25) is 0 Å². The van der Waals surface area contributed by atoms with Crippen molar-refractivity contribution in [2.24, 2.45) is 0 Å². The summed E-state index contributed by atoms with van der Waals surface area (Å²) in [6.45, 7) is 2.34. The first kappa shape index (κ1) is 13.4. The van der Waals surface area contributed by atoms with Crippen LogP contribution >= 0.6 is 11.6 Å². The lowest BCUT2D eigenvalue weighted by Crippen LogP contribution is -2.23. The van der Waals surface area contributed by atoms with Crippen LogP contribution in [0, 0.1) is 6.92 Å². The van der Waals surface area contributed by atoms with E-state index in [9.17, 15) is 4.79 Å². The molecule has 0 aliphatic heterocycles. The number of hydrogen-bond acceptors (Lipinski definition) is 2. The van der Waals surface area contributed by atoms with E-state index in [1.54, 1.807) is 18.2 Å². The van der Waals surface area contributed by atoms with Gasteiger partial charge in [0.15, 0.2) is 0 Å². The van der Waals surface area contributed by atoms with Crippen LogP contribution in [0.4, 0.5) is 5.69 Å². The SMILES string of the molecule is Cc1cc(Cl)ccc1C(=O)NCc1ccc(N)cc1. The molecule has 1 amide bonds. The summed E-state index contributed by atoms with van der Waals surface area (Å²) >= 11 is 5.87. The van der Waals surface area contributed by atoms with Gasteiger partial charge < -0.3 is 11.1 Å². The molecule has 0 aliphatic carbocycles. The fourth-order valence-electron chi connectivity index (χ4n) is 1.79. The molecule has 2 rings (SSSR count). The number of carbonyl (C=O) groups is 1. The summed E-state index contributed by atoms with van der Waals surface area (Å²) in [6, 6.07) is 12.6. The minimum absolute atomic E-state index is 0.106. The minimum atomic E-state index is -0.106. The number of hydrogen-bond donors (Lipinski definition) is 2. The first-order valence-corrected chi connectivity index (χ1v) is 6.33. The lowest BCUT2D eigenvalue weighted by atomic mass is 10.1. The molecule has 3 N–H and O–H groups in total. The van der Waals surface area contributed by atoms with E-state index in [-0.39, 0.29) is 5.91 Å². The van der Waals surface area contributed by atoms with Crippen LogP contribution in [0.25, 0.3) is 0 Å². The second-order valence-electron chi connectivity index (χ2n) is 4.38. The van der Waals surface area contributed by atoms with Crippen LogP contribution in [0.2, 0.25) is 5.02 Å². The largest absolute Gasteiger partial charge is 0.399 e. The van der Waals surface area contributed by atoms with Crippen molar-refractivity contribution in [1.29, 1.82) is 0 Å². The summed E-state index contributed by atoms with van der Waals surface area (Å²) in [5.41, 5.74) is 8.83. The number of nitrogens with two attached hydrogens (primary N) is 1. The topological polar surface area (TPSA) is 55.1 Å². The average molecular weight is 275 g/mol. The molecule has 0 bridgehead atoms. The van der Waals surface area contributed by atoms with E-state index in [0.717, 1.165) is 11.1 Å². The highest BCUT2D eigenvalue weighted by Gasteiger charge is 2.08. The number of rotatable bonds is 3. The zero-order chi connectivity index (χ0) is 13.8. The molecule has 0 atom stereocenters. The molecule has 0 saturated heterocycles. The standard InChI is InChI=1S/C15H15ClN2O/c1-10-8-12(16)4-7-14(10)15(19)18-9-11-2-5-13(17)6-3-11/h2-8H,9,17H2,1H3,(H,18,19). The molecule has 2 aromatic carbocycles. The van der Waals surface area contributed by atoms with Crippen LogP contribution in [0.15, 0.2) is 42.5 Å². The molecule has 98 valence electrons. The van der Waals surface area contributed by atoms with Gasteiger partial charge in [-0.3, -0.25) is 4.79 Å². The Bertz CT molecular complexity index is 594. The molecule has 3 nitrogen and oxygen atoms in total. The Morgan fingerprint density at radius 1 is 1.21 bits per heavy atom. The predicted molar refractivity (Wildman–Crippen MR) is 78.2 cm³/mol. The van der Waals surface area contributed by atoms with Crippen LogP contribution in [-0.2, 0) is 6.54 Å². The van der Waals surface area contributed by atoms with E-state index in [4.69, 9.17) is 17.3 Å². The fourth-order valence-corrected chi connectivity index (χ4v) is 2.02. The van der Waals surface area contributed by atoms with Crippen molar-refractivity contribution in [3.63, 3.8) is 0 Å². The molecular weight excluding hydrogens is 260 g/mol. The third-order valence-corrected chi connectivity index (χ3v) is 3.10. The van der Waals surface area contributed by atoms with Crippen molar-refractivity contribution in [2.75, 3.05) is 5.73 Å². The second-order valence-corrected chi connectivity index (χ2v) is 4.82. The van der Waals surface area contributed by atoms with Gasteiger partial charge in [-0.2, -0.15) is 0 Å². The molecule has 2 aromatic rings. The number of carbonyl (C=O) groups excluding carboxylic acids is 1. The number of benzene rings is 2. The summed E-state index contributed by atoms with van der Waals surface area (Å²) in [7, 11) is 0. The predicted octanol–water partition coefficient (Wildman–Crippen LogP) is 3.16. The molecule has 4 heteroatoms. The van der Waals surface area contributed by atoms with Gasteiger partial charge in [0.1, 0.15) is 0 Å². The molecule has 0 spiro atoms. The molecular formula is C15H15ClN2O. The number of amides is 1. The first-order chi connectivity index (χ1) is 9.06. The second kappa shape index (κ2) is 5.76. The van der Waals surface area contributed by atoms with Crippen LogP contribution < -0.4 is 11.1 Å². The van der Waals surface area contributed by atoms with Crippen LogP contribution in [0.3, 0.4) is 0 Å². The zero-order valence-electron chi connectivity index (χ0n) is 10.6. The number of aryl methyl sites for hydroxylation is 1. The highest BCUT2D eigenvalue weighted by molar-refractivity contribution is 6.30. The van der Waals surface area contributed by atoms with E-state index >= 15 is 0 Å². The summed E-state index contributed by atoms with van der Waals surface area (Å²) < 4.78 is 0. The smallest absolute Gasteiger partial charge is 0.251 e. The summed E-state index contributed by atoms with van der Waals surface area (Å²) in [4.78, 5) is 12.0. The maximum Gasteiger partial charge on any atom is 0.251 e. The van der Waals surface area contributed by atoms with E-state index in [1.165, 1.54) is 0 Å². The van der Waals surface area contributed by atoms with E-state index < -0.39 is 0 Å². The lowest BCUT2D eigenvalue weighted by Gasteiger charge is -2.08. The third kappa shape index (κ3) is 3.48. The number of nitrogen functional groups attached to an aromatic ring is 1. The zero-order valence-corrected chi connectivity index (χ0v) is 11.4. The van der Waals surface area contributed by atoms with E-state index in [2.05, 4.69) is 5.32 Å². The molecule has 0 saturated carbocycles. The van der Waals surface area contributed by atoms with E-state index in [0.29, 0.717) is 22.8 Å². The van der Waals surface area contributed by atoms with Crippen LogP contribution in [0.5, 0.6) is 0 Å². The number of anilines is 1. The Labute approximate surface area is 117 Å². The Hall–Kier alpha value is -2.00. The Morgan fingerprint density at radius 2 is 1.89 bits per heavy atom. The molecule has 0 radical (unpaired) electrons. The van der Waals surface area contributed by atoms with Crippen molar-refractivity contribution in [2.45, 2.75) is 13.5 Å². The Kier molecular flexibility index (Phi) is 4.07. The van der Waals surface area contributed by atoms with Crippen molar-refractivity contribution in [3.8, 4) is 0 Å². The molecule has 19 heavy (non-hydrogen) atoms. The van der Waals surface area contributed by atoms with Gasteiger partial charge in [-0.1, -0.05) is 23.7 Å². The molecule has 0 heterocycles. The number of halogens is 1. The molecule has 0 aromatic heterocycles. The lowest BCUT2D eigenvalue weighted by molar-refractivity contribution is 0.0950. The van der Waals surface area contributed by atoms with Gasteiger partial charge >= 0.3 is 0 Å². The van der Waals surface area contributed by atoms with Gasteiger partial charge in [0.05, 0.1) is 0 Å². The maximum absolute atomic E-state index is 12.0. The van der Waals surface area contributed by atoms with Crippen molar-refractivity contribution in [1.82, 2.24) is 5.32 Å². The molecule has 0 fully saturated rings. The number of nitrogens with one attached hydrogen (secondary N) is 1. The normalized spacial score (nSPS) is 10.2. The van der Waals surface area contributed by atoms with Crippen LogP contribution in [-0.4, -0.2) is 5.91 Å². The van der Waals surface area contributed by atoms with Crippen LogP contribution in [0.1, 0.15) is 21.5 Å². The summed E-state index contributed by atoms with van der Waals surface area (Å²) in [5.74, 6) is -0.106.